The van der Waals surface area contributed by atoms with Crippen LogP contribution in [0.5, 0.6) is 5.75 Å². The monoisotopic (exact) mass is 464 g/mol. The molecule has 0 spiro atoms. The number of sulfone groups is 1. The van der Waals surface area contributed by atoms with Gasteiger partial charge in [0.25, 0.3) is 5.16 Å². The van der Waals surface area contributed by atoms with Crippen LogP contribution in [0.25, 0.3) is 0 Å². The lowest BCUT2D eigenvalue weighted by Gasteiger charge is -2.11. The molecule has 0 amide bonds. The van der Waals surface area contributed by atoms with E-state index in [0.717, 1.165) is 23.4 Å². The third-order valence-corrected chi connectivity index (χ3v) is 6.09. The molecule has 0 aliphatic heterocycles. The number of methoxy groups -OCH3 is 1. The fourth-order valence-corrected chi connectivity index (χ4v) is 4.52. The molecule has 3 rings (SSSR count). The first-order chi connectivity index (χ1) is 13.3. The summed E-state index contributed by atoms with van der Waals surface area (Å²) >= 11 is 3.19. The van der Waals surface area contributed by atoms with Crippen molar-refractivity contribution in [3.8, 4) is 5.75 Å². The van der Waals surface area contributed by atoms with E-state index in [0.29, 0.717) is 0 Å². The lowest BCUT2D eigenvalue weighted by molar-refractivity contribution is 0.402. The van der Waals surface area contributed by atoms with E-state index in [1.54, 1.807) is 19.2 Å². The van der Waals surface area contributed by atoms with Crippen LogP contribution in [-0.2, 0) is 22.9 Å². The molecule has 0 fully saturated rings. The summed E-state index contributed by atoms with van der Waals surface area (Å²) in [5.74, 6) is 0.731. The Kier molecular flexibility index (Phi) is 6.17. The third kappa shape index (κ3) is 4.60. The third-order valence-electron chi connectivity index (χ3n) is 4.08. The van der Waals surface area contributed by atoms with E-state index in [4.69, 9.17) is 4.74 Å². The molecule has 148 valence electrons. The highest BCUT2D eigenvalue weighted by Crippen LogP contribution is 2.23. The number of benzene rings is 2. The Bertz CT molecular complexity index is 1050. The summed E-state index contributed by atoms with van der Waals surface area (Å²) in [6, 6.07) is 14.2. The predicted molar refractivity (Wildman–Crippen MR) is 109 cm³/mol. The highest BCUT2D eigenvalue weighted by Gasteiger charge is 2.26. The first-order valence-electron chi connectivity index (χ1n) is 8.51. The molecule has 28 heavy (non-hydrogen) atoms. The molecule has 0 aliphatic carbocycles. The quantitative estimate of drug-likeness (QED) is 0.534. The number of hydrogen-bond donors (Lipinski definition) is 0. The van der Waals surface area contributed by atoms with Crippen molar-refractivity contribution in [3.05, 3.63) is 64.4 Å². The molecule has 0 unspecified atom stereocenters. The van der Waals surface area contributed by atoms with E-state index in [2.05, 4.69) is 26.0 Å². The summed E-state index contributed by atoms with van der Waals surface area (Å²) in [6.07, 6.45) is 0. The van der Waals surface area contributed by atoms with Crippen molar-refractivity contribution < 1.29 is 13.2 Å². The number of aromatic nitrogens is 3. The Hall–Kier alpha value is -2.23. The van der Waals surface area contributed by atoms with Gasteiger partial charge in [0.1, 0.15) is 5.75 Å². The molecule has 1 aromatic heterocycles. The van der Waals surface area contributed by atoms with Crippen LogP contribution in [-0.4, -0.2) is 49.3 Å². The average molecular weight is 465 g/mol. The summed E-state index contributed by atoms with van der Waals surface area (Å²) in [7, 11) is 1.71. The fourth-order valence-electron chi connectivity index (χ4n) is 2.75. The minimum atomic E-state index is -3.81. The van der Waals surface area contributed by atoms with Gasteiger partial charge in [0.15, 0.2) is 0 Å². The van der Waals surface area contributed by atoms with Gasteiger partial charge in [-0.1, -0.05) is 24.3 Å². The molecule has 9 heteroatoms. The summed E-state index contributed by atoms with van der Waals surface area (Å²) in [5.41, 5.74) is 1.92. The summed E-state index contributed by atoms with van der Waals surface area (Å²) in [5, 5.41) is 4.10. The van der Waals surface area contributed by atoms with Gasteiger partial charge >= 0.3 is 0 Å². The molecule has 7 nitrogen and oxygen atoms in total. The molecule has 0 saturated heterocycles. The van der Waals surface area contributed by atoms with Gasteiger partial charge in [0.2, 0.25) is 14.6 Å². The van der Waals surface area contributed by atoms with Gasteiger partial charge in [0.05, 0.1) is 18.6 Å². The number of rotatable bonds is 7. The number of hydrogen-bond acceptors (Lipinski definition) is 6. The van der Waals surface area contributed by atoms with Crippen LogP contribution in [0.4, 0.5) is 0 Å². The highest BCUT2D eigenvalue weighted by molar-refractivity contribution is 9.10. The van der Waals surface area contributed by atoms with E-state index in [1.165, 1.54) is 4.68 Å². The fraction of sp³-hybridized carbons (Fsp3) is 0.263. The Morgan fingerprint density at radius 1 is 1.04 bits per heavy atom. The normalized spacial score (nSPS) is 11.8. The van der Waals surface area contributed by atoms with Gasteiger partial charge in [0, 0.05) is 6.54 Å². The lowest BCUT2D eigenvalue weighted by Crippen LogP contribution is -2.14. The zero-order chi connectivity index (χ0) is 20.3. The maximum Gasteiger partial charge on any atom is 0.251 e. The van der Waals surface area contributed by atoms with Crippen molar-refractivity contribution in [1.82, 2.24) is 19.7 Å². The predicted octanol–water partition coefficient (Wildman–Crippen LogP) is 2.99. The number of ether oxygens (including phenoxy) is 1. The minimum absolute atomic E-state index is 0.101. The van der Waals surface area contributed by atoms with Crippen LogP contribution in [0.2, 0.25) is 0 Å². The van der Waals surface area contributed by atoms with Crippen LogP contribution in [0.1, 0.15) is 11.1 Å². The van der Waals surface area contributed by atoms with E-state index in [9.17, 15) is 8.42 Å². The van der Waals surface area contributed by atoms with E-state index >= 15 is 0 Å². The molecule has 2 aromatic carbocycles. The van der Waals surface area contributed by atoms with Gasteiger partial charge in [-0.05, 0) is 65.4 Å². The van der Waals surface area contributed by atoms with Gasteiger partial charge in [-0.2, -0.15) is 4.98 Å². The van der Waals surface area contributed by atoms with Crippen LogP contribution in [0.3, 0.4) is 0 Å². The van der Waals surface area contributed by atoms with Crippen molar-refractivity contribution in [3.63, 3.8) is 0 Å². The molecule has 0 saturated carbocycles. The summed E-state index contributed by atoms with van der Waals surface area (Å²) < 4.78 is 33.0. The van der Waals surface area contributed by atoms with Gasteiger partial charge in [-0.3, -0.25) is 0 Å². The zero-order valence-electron chi connectivity index (χ0n) is 15.8. The molecule has 1 heterocycles. The molecule has 0 bridgehead atoms. The van der Waals surface area contributed by atoms with Gasteiger partial charge in [-0.25, -0.2) is 13.1 Å². The maximum atomic E-state index is 13.1. The van der Waals surface area contributed by atoms with Crippen LogP contribution in [0.15, 0.2) is 63.3 Å². The molecule has 0 aliphatic rings. The molecular formula is C19H21BrN4O3S. The standard InChI is InChI=1S/C19H21BrN4O3S/c1-23(2)12-14-6-10-17(11-7-14)28(25,26)19-21-18(20)22-24(19)13-15-4-8-16(27-3)9-5-15/h4-11H,12-13H2,1-3H3. The number of nitrogens with zero attached hydrogens (tertiary/aromatic N) is 4. The molecule has 3 aromatic rings. The molecule has 0 atom stereocenters. The van der Waals surface area contributed by atoms with E-state index < -0.39 is 9.84 Å². The van der Waals surface area contributed by atoms with E-state index in [-0.39, 0.29) is 21.3 Å². The van der Waals surface area contributed by atoms with Crippen LogP contribution < -0.4 is 4.74 Å². The van der Waals surface area contributed by atoms with Gasteiger partial charge in [-0.15, -0.1) is 5.10 Å². The Morgan fingerprint density at radius 3 is 2.21 bits per heavy atom. The van der Waals surface area contributed by atoms with Crippen molar-refractivity contribution in [1.29, 1.82) is 0 Å². The first-order valence-corrected chi connectivity index (χ1v) is 10.8. The Labute approximate surface area is 173 Å². The SMILES string of the molecule is COc1ccc(Cn2nc(Br)nc2S(=O)(=O)c2ccc(CN(C)C)cc2)cc1. The maximum absolute atomic E-state index is 13.1. The highest BCUT2D eigenvalue weighted by atomic mass is 79.9. The Balaban J connectivity index is 1.91. The van der Waals surface area contributed by atoms with Crippen molar-refractivity contribution in [2.45, 2.75) is 23.1 Å². The second-order valence-corrected chi connectivity index (χ2v) is 9.11. The van der Waals surface area contributed by atoms with Crippen LogP contribution in [0, 0.1) is 0 Å². The molecule has 0 radical (unpaired) electrons. The second kappa shape index (κ2) is 8.42. The van der Waals surface area contributed by atoms with Crippen molar-refractivity contribution >= 4 is 25.8 Å². The summed E-state index contributed by atoms with van der Waals surface area (Å²) in [6.45, 7) is 1.01. The first kappa shape index (κ1) is 20.5. The van der Waals surface area contributed by atoms with Crippen LogP contribution >= 0.6 is 15.9 Å². The summed E-state index contributed by atoms with van der Waals surface area (Å²) in [4.78, 5) is 6.31. The second-order valence-electron chi connectivity index (χ2n) is 6.55. The molecule has 0 N–H and O–H groups in total. The smallest absolute Gasteiger partial charge is 0.251 e. The van der Waals surface area contributed by atoms with Gasteiger partial charge < -0.3 is 9.64 Å². The molecular weight excluding hydrogens is 444 g/mol. The van der Waals surface area contributed by atoms with Crippen molar-refractivity contribution in [2.24, 2.45) is 0 Å². The number of halogens is 1. The minimum Gasteiger partial charge on any atom is -0.497 e. The average Bonchev–Trinajstić information content (AvgIpc) is 3.03. The zero-order valence-corrected chi connectivity index (χ0v) is 18.2. The Morgan fingerprint density at radius 2 is 1.64 bits per heavy atom. The lowest BCUT2D eigenvalue weighted by atomic mass is 10.2. The van der Waals surface area contributed by atoms with Crippen molar-refractivity contribution in [2.75, 3.05) is 21.2 Å². The topological polar surface area (TPSA) is 77.3 Å². The van der Waals surface area contributed by atoms with E-state index in [1.807, 2.05) is 55.4 Å². The largest absolute Gasteiger partial charge is 0.497 e.